The first kappa shape index (κ1) is 6.78. The molecule has 0 aliphatic heterocycles. The van der Waals surface area contributed by atoms with Crippen molar-refractivity contribution in [3.63, 3.8) is 0 Å². The first-order chi connectivity index (χ1) is 5.77. The molecule has 0 spiro atoms. The number of carboxylic acids is 1. The van der Waals surface area contributed by atoms with Crippen LogP contribution in [0.25, 0.3) is 5.78 Å². The van der Waals surface area contributed by atoms with Crippen LogP contribution < -0.4 is 5.11 Å². The molecule has 0 aliphatic carbocycles. The molecule has 0 saturated heterocycles. The third kappa shape index (κ3) is 0.914. The third-order valence-electron chi connectivity index (χ3n) is 1.44. The van der Waals surface area contributed by atoms with Crippen LogP contribution in [0.1, 0.15) is 10.5 Å². The Kier molecular flexibility index (Phi) is 1.30. The van der Waals surface area contributed by atoms with E-state index in [1.165, 1.54) is 10.6 Å². The monoisotopic (exact) mass is 162 g/mol. The van der Waals surface area contributed by atoms with E-state index < -0.39 is 5.97 Å². The number of carboxylic acid groups (broad SMARTS) is 1. The molecule has 60 valence electrons. The summed E-state index contributed by atoms with van der Waals surface area (Å²) in [6, 6.07) is 1.69. The molecule has 0 radical (unpaired) electrons. The van der Waals surface area contributed by atoms with Gasteiger partial charge in [0.05, 0.1) is 5.97 Å². The van der Waals surface area contributed by atoms with E-state index in [2.05, 4.69) is 9.97 Å². The van der Waals surface area contributed by atoms with Crippen molar-refractivity contribution in [3.8, 4) is 0 Å². The van der Waals surface area contributed by atoms with E-state index in [9.17, 15) is 9.90 Å². The number of rotatable bonds is 1. The Morgan fingerprint density at radius 3 is 3.08 bits per heavy atom. The molecule has 0 aromatic carbocycles. The van der Waals surface area contributed by atoms with Crippen LogP contribution >= 0.6 is 0 Å². The number of imidazole rings is 1. The number of carbonyl (C=O) groups excluding carboxylic acids is 1. The summed E-state index contributed by atoms with van der Waals surface area (Å²) < 4.78 is 1.52. The molecule has 12 heavy (non-hydrogen) atoms. The van der Waals surface area contributed by atoms with Gasteiger partial charge in [0.15, 0.2) is 0 Å². The van der Waals surface area contributed by atoms with E-state index >= 15 is 0 Å². The Hall–Kier alpha value is -1.91. The maximum Gasteiger partial charge on any atom is 0.234 e. The maximum absolute atomic E-state index is 10.4. The largest absolute Gasteiger partial charge is 0.543 e. The first-order valence-electron chi connectivity index (χ1n) is 3.28. The van der Waals surface area contributed by atoms with Gasteiger partial charge in [0.2, 0.25) is 5.78 Å². The van der Waals surface area contributed by atoms with Gasteiger partial charge in [-0.1, -0.05) is 0 Å². The molecule has 5 nitrogen and oxygen atoms in total. The van der Waals surface area contributed by atoms with E-state index in [1.54, 1.807) is 18.5 Å². The Balaban J connectivity index is 2.70. The average molecular weight is 162 g/mol. The third-order valence-corrected chi connectivity index (χ3v) is 1.44. The van der Waals surface area contributed by atoms with Crippen molar-refractivity contribution in [3.05, 3.63) is 30.4 Å². The van der Waals surface area contributed by atoms with Crippen molar-refractivity contribution in [2.75, 3.05) is 0 Å². The minimum atomic E-state index is -1.29. The molecule has 0 N–H and O–H groups in total. The molecule has 0 saturated carbocycles. The standard InChI is InChI=1S/C7H5N3O2/c11-6(12)5-4-10-3-1-2-8-7(10)9-5/h1-4H,(H,11,12)/p-1. The van der Waals surface area contributed by atoms with Gasteiger partial charge in [0.1, 0.15) is 5.69 Å². The van der Waals surface area contributed by atoms with Crippen molar-refractivity contribution in [2.24, 2.45) is 0 Å². The maximum atomic E-state index is 10.4. The van der Waals surface area contributed by atoms with Crippen LogP contribution in [0.4, 0.5) is 0 Å². The highest BCUT2D eigenvalue weighted by Crippen LogP contribution is 1.99. The molecule has 5 heteroatoms. The quantitative estimate of drug-likeness (QED) is 0.544. The second-order valence-corrected chi connectivity index (χ2v) is 2.24. The average Bonchev–Trinajstić information content (AvgIpc) is 2.46. The summed E-state index contributed by atoms with van der Waals surface area (Å²) in [6.07, 6.45) is 4.57. The number of hydrogen-bond acceptors (Lipinski definition) is 4. The van der Waals surface area contributed by atoms with Crippen LogP contribution in [0.3, 0.4) is 0 Å². The topological polar surface area (TPSA) is 70.3 Å². The van der Waals surface area contributed by atoms with Crippen molar-refractivity contribution < 1.29 is 9.90 Å². The van der Waals surface area contributed by atoms with Crippen LogP contribution in [0.5, 0.6) is 0 Å². The lowest BCUT2D eigenvalue weighted by Crippen LogP contribution is -2.22. The Morgan fingerprint density at radius 2 is 2.42 bits per heavy atom. The van der Waals surface area contributed by atoms with Gasteiger partial charge in [-0.05, 0) is 6.07 Å². The van der Waals surface area contributed by atoms with E-state index in [-0.39, 0.29) is 5.69 Å². The Labute approximate surface area is 67.3 Å². The number of nitrogens with zero attached hydrogens (tertiary/aromatic N) is 3. The van der Waals surface area contributed by atoms with Gasteiger partial charge >= 0.3 is 0 Å². The second-order valence-electron chi connectivity index (χ2n) is 2.24. The predicted molar refractivity (Wildman–Crippen MR) is 37.3 cm³/mol. The molecule has 0 atom stereocenters. The van der Waals surface area contributed by atoms with E-state index in [4.69, 9.17) is 0 Å². The highest BCUT2D eigenvalue weighted by Gasteiger charge is 2.00. The molecule has 2 aromatic rings. The van der Waals surface area contributed by atoms with Crippen LogP contribution in [0.15, 0.2) is 24.7 Å². The zero-order valence-electron chi connectivity index (χ0n) is 5.97. The highest BCUT2D eigenvalue weighted by molar-refractivity contribution is 5.83. The Bertz CT molecular complexity index is 402. The fourth-order valence-electron chi connectivity index (χ4n) is 0.928. The highest BCUT2D eigenvalue weighted by atomic mass is 16.4. The van der Waals surface area contributed by atoms with E-state index in [1.807, 2.05) is 0 Å². The van der Waals surface area contributed by atoms with Gasteiger partial charge in [-0.3, -0.25) is 4.40 Å². The van der Waals surface area contributed by atoms with Crippen LogP contribution in [-0.4, -0.2) is 20.3 Å². The van der Waals surface area contributed by atoms with Gasteiger partial charge < -0.3 is 9.90 Å². The Morgan fingerprint density at radius 1 is 1.58 bits per heavy atom. The van der Waals surface area contributed by atoms with E-state index in [0.29, 0.717) is 5.78 Å². The zero-order valence-corrected chi connectivity index (χ0v) is 5.97. The summed E-state index contributed by atoms with van der Waals surface area (Å²) in [5.74, 6) is -0.933. The summed E-state index contributed by atoms with van der Waals surface area (Å²) in [4.78, 5) is 17.9. The van der Waals surface area contributed by atoms with Gasteiger partial charge in [-0.15, -0.1) is 0 Å². The number of aromatic nitrogens is 3. The van der Waals surface area contributed by atoms with E-state index in [0.717, 1.165) is 0 Å². The number of carbonyl (C=O) groups is 1. The zero-order chi connectivity index (χ0) is 8.55. The van der Waals surface area contributed by atoms with Crippen molar-refractivity contribution in [1.29, 1.82) is 0 Å². The molecule has 2 aromatic heterocycles. The minimum Gasteiger partial charge on any atom is -0.543 e. The summed E-state index contributed by atoms with van der Waals surface area (Å²) >= 11 is 0. The molecule has 0 amide bonds. The summed E-state index contributed by atoms with van der Waals surface area (Å²) in [5, 5.41) is 10.4. The van der Waals surface area contributed by atoms with Crippen molar-refractivity contribution in [2.45, 2.75) is 0 Å². The van der Waals surface area contributed by atoms with Crippen LogP contribution in [-0.2, 0) is 0 Å². The molecular weight excluding hydrogens is 158 g/mol. The SMILES string of the molecule is O=C([O-])c1cn2cccnc2n1. The number of fused-ring (bicyclic) bond motifs is 1. The molecule has 2 rings (SSSR count). The lowest BCUT2D eigenvalue weighted by Gasteiger charge is -1.90. The van der Waals surface area contributed by atoms with Crippen molar-refractivity contribution in [1.82, 2.24) is 14.4 Å². The lowest BCUT2D eigenvalue weighted by atomic mass is 10.5. The number of hydrogen-bond donors (Lipinski definition) is 0. The first-order valence-corrected chi connectivity index (χ1v) is 3.28. The summed E-state index contributed by atoms with van der Waals surface area (Å²) in [7, 11) is 0. The lowest BCUT2D eigenvalue weighted by molar-refractivity contribution is -0.255. The second kappa shape index (κ2) is 2.30. The molecule has 0 bridgehead atoms. The molecule has 0 fully saturated rings. The minimum absolute atomic E-state index is 0.103. The molecular formula is C7H4N3O2-. The molecule has 2 heterocycles. The van der Waals surface area contributed by atoms with Crippen molar-refractivity contribution >= 4 is 11.7 Å². The van der Waals surface area contributed by atoms with Crippen LogP contribution in [0, 0.1) is 0 Å². The summed E-state index contributed by atoms with van der Waals surface area (Å²) in [5.41, 5.74) is -0.103. The fourth-order valence-corrected chi connectivity index (χ4v) is 0.928. The van der Waals surface area contributed by atoms with Gasteiger partial charge in [0, 0.05) is 18.6 Å². The normalized spacial score (nSPS) is 10.3. The van der Waals surface area contributed by atoms with Gasteiger partial charge in [-0.25, -0.2) is 9.97 Å². The fraction of sp³-hybridized carbons (Fsp3) is 0. The number of aromatic carboxylic acids is 1. The van der Waals surface area contributed by atoms with Gasteiger partial charge in [0.25, 0.3) is 0 Å². The molecule has 0 aliphatic rings. The smallest absolute Gasteiger partial charge is 0.234 e. The van der Waals surface area contributed by atoms with Gasteiger partial charge in [-0.2, -0.15) is 0 Å². The molecule has 0 unspecified atom stereocenters. The predicted octanol–water partition coefficient (Wildman–Crippen LogP) is -0.907. The summed E-state index contributed by atoms with van der Waals surface area (Å²) in [6.45, 7) is 0. The van der Waals surface area contributed by atoms with Crippen LogP contribution in [0.2, 0.25) is 0 Å².